The fourth-order valence-electron chi connectivity index (χ4n) is 5.10. The number of anilines is 2. The number of rotatable bonds is 6. The van der Waals surface area contributed by atoms with Crippen molar-refractivity contribution in [2.24, 2.45) is 5.92 Å². The molecule has 34 heavy (non-hydrogen) atoms. The first-order valence-corrected chi connectivity index (χ1v) is 12.3. The van der Waals surface area contributed by atoms with Gasteiger partial charge in [0.1, 0.15) is 17.0 Å². The van der Waals surface area contributed by atoms with Gasteiger partial charge in [0.2, 0.25) is 11.7 Å². The molecule has 1 aliphatic heterocycles. The highest BCUT2D eigenvalue weighted by atomic mass is 35.5. The van der Waals surface area contributed by atoms with E-state index in [2.05, 4.69) is 25.5 Å². The summed E-state index contributed by atoms with van der Waals surface area (Å²) >= 11 is 5.87. The van der Waals surface area contributed by atoms with Crippen LogP contribution in [0.25, 0.3) is 11.1 Å². The number of nitrogens with one attached hydrogen (secondary N) is 2. The van der Waals surface area contributed by atoms with E-state index in [1.807, 2.05) is 0 Å². The van der Waals surface area contributed by atoms with E-state index in [9.17, 15) is 9.59 Å². The molecule has 8 nitrogen and oxygen atoms in total. The van der Waals surface area contributed by atoms with Gasteiger partial charge in [-0.2, -0.15) is 0 Å². The first kappa shape index (κ1) is 22.8. The van der Waals surface area contributed by atoms with Crippen LogP contribution in [-0.2, 0) is 4.79 Å². The molecule has 4 heterocycles. The van der Waals surface area contributed by atoms with Gasteiger partial charge >= 0.3 is 0 Å². The van der Waals surface area contributed by atoms with Gasteiger partial charge in [0, 0.05) is 24.9 Å². The molecule has 0 aromatic carbocycles. The largest absolute Gasteiger partial charge is 0.447 e. The summed E-state index contributed by atoms with van der Waals surface area (Å²) in [4.78, 5) is 37.0. The van der Waals surface area contributed by atoms with E-state index in [-0.39, 0.29) is 17.4 Å². The van der Waals surface area contributed by atoms with E-state index in [0.29, 0.717) is 40.3 Å². The topological polar surface area (TPSA) is 100 Å². The standard InChI is InChI=1S/C25H28ClN5O3/c26-17-7-10-20(28-15-17)29-25(33)24-23(22-19(34-24)4-3-11-27-22)30-21(32)14-16-5-8-18(9-6-16)31-12-1-2-13-31/h3-4,7,10-11,15-16,18H,1-2,5-6,8-9,12-14H2,(H,30,32)(H,28,29,33). The van der Waals surface area contributed by atoms with Crippen LogP contribution in [0.3, 0.4) is 0 Å². The van der Waals surface area contributed by atoms with Crippen molar-refractivity contribution < 1.29 is 14.0 Å². The number of hydrogen-bond acceptors (Lipinski definition) is 6. The van der Waals surface area contributed by atoms with Crippen LogP contribution >= 0.6 is 11.6 Å². The van der Waals surface area contributed by atoms with E-state index in [4.69, 9.17) is 16.0 Å². The van der Waals surface area contributed by atoms with E-state index >= 15 is 0 Å². The number of furan rings is 1. The monoisotopic (exact) mass is 481 g/mol. The van der Waals surface area contributed by atoms with Gasteiger partial charge in [-0.25, -0.2) is 4.98 Å². The van der Waals surface area contributed by atoms with Crippen LogP contribution in [0.1, 0.15) is 55.5 Å². The van der Waals surface area contributed by atoms with Gasteiger partial charge in [0.15, 0.2) is 5.58 Å². The highest BCUT2D eigenvalue weighted by Crippen LogP contribution is 2.33. The molecular weight excluding hydrogens is 454 g/mol. The highest BCUT2D eigenvalue weighted by molar-refractivity contribution is 6.30. The lowest BCUT2D eigenvalue weighted by Crippen LogP contribution is -2.36. The Hall–Kier alpha value is -2.97. The molecule has 2 amide bonds. The van der Waals surface area contributed by atoms with Crippen LogP contribution in [0.2, 0.25) is 5.02 Å². The molecule has 3 aromatic heterocycles. The molecule has 0 unspecified atom stereocenters. The van der Waals surface area contributed by atoms with E-state index in [1.165, 1.54) is 32.1 Å². The third kappa shape index (κ3) is 5.08. The van der Waals surface area contributed by atoms with Gasteiger partial charge in [-0.15, -0.1) is 0 Å². The molecule has 1 aliphatic carbocycles. The molecule has 2 fully saturated rings. The van der Waals surface area contributed by atoms with Crippen molar-refractivity contribution in [3.05, 3.63) is 47.4 Å². The zero-order valence-electron chi connectivity index (χ0n) is 18.9. The number of fused-ring (bicyclic) bond motifs is 1. The second-order valence-electron chi connectivity index (χ2n) is 9.14. The lowest BCUT2D eigenvalue weighted by Gasteiger charge is -2.34. The average molecular weight is 482 g/mol. The Morgan fingerprint density at radius 2 is 1.85 bits per heavy atom. The summed E-state index contributed by atoms with van der Waals surface area (Å²) < 4.78 is 5.77. The second kappa shape index (κ2) is 10.1. The number of pyridine rings is 2. The number of halogens is 1. The number of hydrogen-bond donors (Lipinski definition) is 2. The first-order valence-electron chi connectivity index (χ1n) is 11.9. The first-order chi connectivity index (χ1) is 16.6. The molecule has 3 aromatic rings. The van der Waals surface area contributed by atoms with Crippen LogP contribution in [0.4, 0.5) is 11.5 Å². The van der Waals surface area contributed by atoms with E-state index in [1.54, 1.807) is 30.5 Å². The highest BCUT2D eigenvalue weighted by Gasteiger charge is 2.29. The Balaban J connectivity index is 1.26. The number of carbonyl (C=O) groups is 2. The molecule has 0 bridgehead atoms. The number of aromatic nitrogens is 2. The SMILES string of the molecule is O=C(CC1CCC(N2CCCC2)CC1)Nc1c(C(=O)Nc2ccc(Cl)cn2)oc2cccnc12. The Labute approximate surface area is 203 Å². The lowest BCUT2D eigenvalue weighted by atomic mass is 9.83. The molecule has 0 radical (unpaired) electrons. The molecular formula is C25H28ClN5O3. The molecule has 0 atom stereocenters. The molecule has 178 valence electrons. The number of carbonyl (C=O) groups excluding carboxylic acids is 2. The van der Waals surface area contributed by atoms with Crippen molar-refractivity contribution in [3.8, 4) is 0 Å². The number of amides is 2. The normalized spacial score (nSPS) is 21.0. The fraction of sp³-hybridized carbons (Fsp3) is 0.440. The van der Waals surface area contributed by atoms with Crippen molar-refractivity contribution in [3.63, 3.8) is 0 Å². The van der Waals surface area contributed by atoms with Gasteiger partial charge < -0.3 is 20.0 Å². The number of nitrogens with zero attached hydrogens (tertiary/aromatic N) is 3. The van der Waals surface area contributed by atoms with Crippen molar-refractivity contribution in [2.75, 3.05) is 23.7 Å². The predicted octanol–water partition coefficient (Wildman–Crippen LogP) is 5.11. The summed E-state index contributed by atoms with van der Waals surface area (Å²) in [6.45, 7) is 2.43. The summed E-state index contributed by atoms with van der Waals surface area (Å²) in [6.07, 6.45) is 10.5. The summed E-state index contributed by atoms with van der Waals surface area (Å²) in [7, 11) is 0. The van der Waals surface area contributed by atoms with Gasteiger partial charge in [-0.1, -0.05) is 11.6 Å². The van der Waals surface area contributed by atoms with Crippen molar-refractivity contribution in [1.29, 1.82) is 0 Å². The van der Waals surface area contributed by atoms with Crippen LogP contribution in [0.15, 0.2) is 41.1 Å². The summed E-state index contributed by atoms with van der Waals surface area (Å²) in [6, 6.07) is 7.33. The van der Waals surface area contributed by atoms with Crippen LogP contribution in [0.5, 0.6) is 0 Å². The molecule has 9 heteroatoms. The van der Waals surface area contributed by atoms with E-state index in [0.717, 1.165) is 25.7 Å². The molecule has 1 saturated heterocycles. The summed E-state index contributed by atoms with van der Waals surface area (Å²) in [5, 5.41) is 6.07. The van der Waals surface area contributed by atoms with E-state index < -0.39 is 5.91 Å². The van der Waals surface area contributed by atoms with Gasteiger partial charge in [0.25, 0.3) is 5.91 Å². The second-order valence-corrected chi connectivity index (χ2v) is 9.58. The maximum atomic E-state index is 13.0. The van der Waals surface area contributed by atoms with Crippen molar-refractivity contribution >= 4 is 46.0 Å². The van der Waals surface area contributed by atoms with Crippen LogP contribution in [0, 0.1) is 5.92 Å². The Morgan fingerprint density at radius 1 is 1.06 bits per heavy atom. The molecule has 0 spiro atoms. The molecule has 5 rings (SSSR count). The Bertz CT molecular complexity index is 1170. The Kier molecular flexibility index (Phi) is 6.78. The predicted molar refractivity (Wildman–Crippen MR) is 131 cm³/mol. The lowest BCUT2D eigenvalue weighted by molar-refractivity contribution is -0.117. The molecule has 1 saturated carbocycles. The van der Waals surface area contributed by atoms with Gasteiger partial charge in [-0.05, 0) is 81.8 Å². The molecule has 2 N–H and O–H groups in total. The van der Waals surface area contributed by atoms with Gasteiger partial charge in [0.05, 0.1) is 5.02 Å². The van der Waals surface area contributed by atoms with Crippen LogP contribution in [-0.4, -0.2) is 45.8 Å². The number of likely N-dealkylation sites (tertiary alicyclic amines) is 1. The van der Waals surface area contributed by atoms with Gasteiger partial charge in [-0.3, -0.25) is 14.6 Å². The average Bonchev–Trinajstić information content (AvgIpc) is 3.50. The minimum atomic E-state index is -0.519. The minimum Gasteiger partial charge on any atom is -0.447 e. The third-order valence-corrected chi connectivity index (χ3v) is 7.06. The summed E-state index contributed by atoms with van der Waals surface area (Å²) in [5.41, 5.74) is 1.17. The van der Waals surface area contributed by atoms with Crippen LogP contribution < -0.4 is 10.6 Å². The maximum Gasteiger partial charge on any atom is 0.294 e. The molecule has 2 aliphatic rings. The quantitative estimate of drug-likeness (QED) is 0.507. The zero-order chi connectivity index (χ0) is 23.5. The zero-order valence-corrected chi connectivity index (χ0v) is 19.7. The van der Waals surface area contributed by atoms with Crippen molar-refractivity contribution in [2.45, 2.75) is 51.0 Å². The smallest absolute Gasteiger partial charge is 0.294 e. The minimum absolute atomic E-state index is 0.00320. The Morgan fingerprint density at radius 3 is 2.59 bits per heavy atom. The maximum absolute atomic E-state index is 13.0. The van der Waals surface area contributed by atoms with Crippen molar-refractivity contribution in [1.82, 2.24) is 14.9 Å². The fourth-order valence-corrected chi connectivity index (χ4v) is 5.21. The summed E-state index contributed by atoms with van der Waals surface area (Å²) in [5.74, 6) is 0.0257. The third-order valence-electron chi connectivity index (χ3n) is 6.83.